The van der Waals surface area contributed by atoms with Crippen molar-refractivity contribution < 1.29 is 18.0 Å². The minimum Gasteiger partial charge on any atom is -0.378 e. The van der Waals surface area contributed by atoms with Crippen LogP contribution in [-0.4, -0.2) is 11.9 Å². The zero-order valence-corrected chi connectivity index (χ0v) is 14.8. The average Bonchev–Trinajstić information content (AvgIpc) is 2.60. The minimum atomic E-state index is -4.42. The molecular formula is C20H18F3N3O. The van der Waals surface area contributed by atoms with Gasteiger partial charge in [0.2, 0.25) is 5.91 Å². The van der Waals surface area contributed by atoms with E-state index in [1.54, 1.807) is 29.2 Å². The molecular weight excluding hydrogens is 355 g/mol. The summed E-state index contributed by atoms with van der Waals surface area (Å²) in [6, 6.07) is 11.7. The van der Waals surface area contributed by atoms with E-state index in [1.165, 1.54) is 13.0 Å². The molecule has 0 aliphatic carbocycles. The van der Waals surface area contributed by atoms with Gasteiger partial charge in [-0.2, -0.15) is 18.4 Å². The van der Waals surface area contributed by atoms with Gasteiger partial charge in [-0.1, -0.05) is 6.07 Å². The predicted octanol–water partition coefficient (Wildman–Crippen LogP) is 4.88. The maximum atomic E-state index is 13.0. The lowest BCUT2D eigenvalue weighted by Gasteiger charge is -2.39. The number of carbonyl (C=O) groups is 1. The lowest BCUT2D eigenvalue weighted by atomic mass is 9.90. The summed E-state index contributed by atoms with van der Waals surface area (Å²) in [6.45, 7) is 3.36. The van der Waals surface area contributed by atoms with Crippen molar-refractivity contribution in [3.63, 3.8) is 0 Å². The van der Waals surface area contributed by atoms with Crippen LogP contribution in [0.4, 0.5) is 24.5 Å². The molecule has 7 heteroatoms. The molecule has 140 valence electrons. The van der Waals surface area contributed by atoms with Crippen molar-refractivity contribution in [1.82, 2.24) is 0 Å². The number of hydrogen-bond donors (Lipinski definition) is 1. The number of carbonyl (C=O) groups excluding carboxylic acids is 1. The van der Waals surface area contributed by atoms with Gasteiger partial charge in [0.1, 0.15) is 0 Å². The summed E-state index contributed by atoms with van der Waals surface area (Å²) >= 11 is 0. The van der Waals surface area contributed by atoms with Gasteiger partial charge in [0, 0.05) is 24.3 Å². The Balaban J connectivity index is 2.01. The van der Waals surface area contributed by atoms with Crippen molar-refractivity contribution in [1.29, 1.82) is 5.26 Å². The number of nitrogens with one attached hydrogen (secondary N) is 1. The van der Waals surface area contributed by atoms with Crippen molar-refractivity contribution in [2.75, 3.05) is 10.2 Å². The van der Waals surface area contributed by atoms with Crippen LogP contribution in [0.25, 0.3) is 0 Å². The van der Waals surface area contributed by atoms with Gasteiger partial charge in [-0.25, -0.2) is 0 Å². The Bertz CT molecular complexity index is 917. The fraction of sp³-hybridized carbons (Fsp3) is 0.300. The summed E-state index contributed by atoms with van der Waals surface area (Å²) in [7, 11) is 0. The Morgan fingerprint density at radius 3 is 2.63 bits per heavy atom. The standard InChI is InChI=1S/C20H18F3N3O/c1-12-8-18(25-16-5-3-4-15(10-16)20(21,22)23)17-9-14(11-24)6-7-19(17)26(12)13(2)27/h3-7,9-10,12,18,25H,8H2,1-2H3/t12-,18+/m1/s1. The van der Waals surface area contributed by atoms with Crippen LogP contribution in [-0.2, 0) is 11.0 Å². The van der Waals surface area contributed by atoms with Gasteiger partial charge in [-0.15, -0.1) is 0 Å². The highest BCUT2D eigenvalue weighted by molar-refractivity contribution is 5.94. The monoisotopic (exact) mass is 373 g/mol. The van der Waals surface area contributed by atoms with Crippen LogP contribution in [0.1, 0.15) is 43.0 Å². The van der Waals surface area contributed by atoms with E-state index in [9.17, 15) is 23.2 Å². The van der Waals surface area contributed by atoms with Crippen molar-refractivity contribution >= 4 is 17.3 Å². The van der Waals surface area contributed by atoms with Gasteiger partial charge >= 0.3 is 6.18 Å². The first-order valence-corrected chi connectivity index (χ1v) is 8.48. The molecule has 1 N–H and O–H groups in total. The lowest BCUT2D eigenvalue weighted by Crippen LogP contribution is -2.43. The first kappa shape index (κ1) is 18.8. The fourth-order valence-corrected chi connectivity index (χ4v) is 3.54. The number of benzene rings is 2. The molecule has 3 rings (SSSR count). The molecule has 0 aromatic heterocycles. The third kappa shape index (κ3) is 3.75. The highest BCUT2D eigenvalue weighted by Crippen LogP contribution is 2.40. The molecule has 2 aromatic carbocycles. The van der Waals surface area contributed by atoms with E-state index in [0.717, 1.165) is 17.7 Å². The van der Waals surface area contributed by atoms with E-state index in [2.05, 4.69) is 11.4 Å². The topological polar surface area (TPSA) is 56.1 Å². The molecule has 0 fully saturated rings. The quantitative estimate of drug-likeness (QED) is 0.817. The van der Waals surface area contributed by atoms with Crippen molar-refractivity contribution in [2.24, 2.45) is 0 Å². The summed E-state index contributed by atoms with van der Waals surface area (Å²) in [5.41, 5.74) is 1.44. The highest BCUT2D eigenvalue weighted by Gasteiger charge is 2.34. The smallest absolute Gasteiger partial charge is 0.378 e. The van der Waals surface area contributed by atoms with Crippen LogP contribution >= 0.6 is 0 Å². The van der Waals surface area contributed by atoms with Crippen LogP contribution in [0.15, 0.2) is 42.5 Å². The van der Waals surface area contributed by atoms with Crippen LogP contribution in [0.5, 0.6) is 0 Å². The minimum absolute atomic E-state index is 0.119. The number of rotatable bonds is 2. The first-order chi connectivity index (χ1) is 12.7. The van der Waals surface area contributed by atoms with Crippen molar-refractivity contribution in [3.05, 3.63) is 59.2 Å². The number of fused-ring (bicyclic) bond motifs is 1. The molecule has 4 nitrogen and oxygen atoms in total. The van der Waals surface area contributed by atoms with E-state index in [0.29, 0.717) is 23.4 Å². The third-order valence-corrected chi connectivity index (χ3v) is 4.68. The molecule has 0 saturated carbocycles. The largest absolute Gasteiger partial charge is 0.416 e. The number of nitriles is 1. The molecule has 1 aliphatic heterocycles. The van der Waals surface area contributed by atoms with E-state index >= 15 is 0 Å². The number of alkyl halides is 3. The number of hydrogen-bond acceptors (Lipinski definition) is 3. The van der Waals surface area contributed by atoms with E-state index < -0.39 is 11.7 Å². The molecule has 1 heterocycles. The second kappa shape index (κ2) is 6.95. The fourth-order valence-electron chi connectivity index (χ4n) is 3.54. The second-order valence-corrected chi connectivity index (χ2v) is 6.63. The summed E-state index contributed by atoms with van der Waals surface area (Å²) in [5, 5.41) is 12.3. The summed E-state index contributed by atoms with van der Waals surface area (Å²) in [5.74, 6) is -0.119. The molecule has 0 radical (unpaired) electrons. The molecule has 0 bridgehead atoms. The Hall–Kier alpha value is -3.01. The lowest BCUT2D eigenvalue weighted by molar-refractivity contribution is -0.137. The zero-order chi connectivity index (χ0) is 19.8. The van der Waals surface area contributed by atoms with Crippen LogP contribution in [0.2, 0.25) is 0 Å². The molecule has 2 aromatic rings. The summed E-state index contributed by atoms with van der Waals surface area (Å²) in [4.78, 5) is 13.7. The van der Waals surface area contributed by atoms with Crippen LogP contribution < -0.4 is 10.2 Å². The molecule has 2 atom stereocenters. The number of anilines is 2. The first-order valence-electron chi connectivity index (χ1n) is 8.48. The van der Waals surface area contributed by atoms with Crippen LogP contribution in [0.3, 0.4) is 0 Å². The molecule has 27 heavy (non-hydrogen) atoms. The molecule has 0 spiro atoms. The normalized spacial score (nSPS) is 19.2. The van der Waals surface area contributed by atoms with Gasteiger partial charge in [-0.3, -0.25) is 4.79 Å². The van der Waals surface area contributed by atoms with Gasteiger partial charge in [0.25, 0.3) is 0 Å². The average molecular weight is 373 g/mol. The van der Waals surface area contributed by atoms with Gasteiger partial charge in [-0.05, 0) is 55.3 Å². The van der Waals surface area contributed by atoms with Crippen molar-refractivity contribution in [2.45, 2.75) is 38.5 Å². The Labute approximate surface area is 155 Å². The van der Waals surface area contributed by atoms with Crippen LogP contribution in [0, 0.1) is 11.3 Å². The summed E-state index contributed by atoms with van der Waals surface area (Å²) in [6.07, 6.45) is -3.91. The van der Waals surface area contributed by atoms with E-state index in [4.69, 9.17) is 0 Å². The maximum Gasteiger partial charge on any atom is 0.416 e. The van der Waals surface area contributed by atoms with Gasteiger partial charge in [0.15, 0.2) is 0 Å². The van der Waals surface area contributed by atoms with Gasteiger partial charge < -0.3 is 10.2 Å². The SMILES string of the molecule is CC(=O)N1c2ccc(C#N)cc2[C@@H](Nc2cccc(C(F)(F)F)c2)C[C@H]1C. The Kier molecular flexibility index (Phi) is 4.83. The molecule has 1 amide bonds. The maximum absolute atomic E-state index is 13.0. The Morgan fingerprint density at radius 1 is 1.26 bits per heavy atom. The highest BCUT2D eigenvalue weighted by atomic mass is 19.4. The number of nitrogens with zero attached hydrogens (tertiary/aromatic N) is 2. The van der Waals surface area contributed by atoms with E-state index in [1.807, 2.05) is 6.92 Å². The third-order valence-electron chi connectivity index (χ3n) is 4.68. The molecule has 0 unspecified atom stereocenters. The molecule has 1 aliphatic rings. The second-order valence-electron chi connectivity index (χ2n) is 6.63. The van der Waals surface area contributed by atoms with Crippen molar-refractivity contribution in [3.8, 4) is 6.07 Å². The van der Waals surface area contributed by atoms with Gasteiger partial charge in [0.05, 0.1) is 23.2 Å². The zero-order valence-electron chi connectivity index (χ0n) is 14.8. The van der Waals surface area contributed by atoms with E-state index in [-0.39, 0.29) is 18.0 Å². The number of halogens is 3. The number of amides is 1. The molecule has 0 saturated heterocycles. The summed E-state index contributed by atoms with van der Waals surface area (Å²) < 4.78 is 38.9. The predicted molar refractivity (Wildman–Crippen MR) is 96.2 cm³/mol. The Morgan fingerprint density at radius 2 is 2.00 bits per heavy atom.